The van der Waals surface area contributed by atoms with Crippen molar-refractivity contribution >= 4 is 11.0 Å². The summed E-state index contributed by atoms with van der Waals surface area (Å²) in [5, 5.41) is 13.1. The van der Waals surface area contributed by atoms with Crippen LogP contribution >= 0.6 is 0 Å². The SMILES string of the molecule is NCC(NCCCO)c1cc2ccccc2o1. The average molecular weight is 234 g/mol. The smallest absolute Gasteiger partial charge is 0.134 e. The molecule has 1 aromatic carbocycles. The monoisotopic (exact) mass is 234 g/mol. The number of furan rings is 1. The summed E-state index contributed by atoms with van der Waals surface area (Å²) in [7, 11) is 0. The van der Waals surface area contributed by atoms with Gasteiger partial charge in [-0.25, -0.2) is 0 Å². The van der Waals surface area contributed by atoms with Crippen LogP contribution in [0, 0.1) is 0 Å². The second kappa shape index (κ2) is 5.82. The van der Waals surface area contributed by atoms with Gasteiger partial charge in [0.1, 0.15) is 11.3 Å². The molecule has 0 aliphatic rings. The van der Waals surface area contributed by atoms with E-state index in [9.17, 15) is 0 Å². The number of hydrogen-bond donors (Lipinski definition) is 3. The number of aliphatic hydroxyl groups is 1. The third-order valence-electron chi connectivity index (χ3n) is 2.75. The van der Waals surface area contributed by atoms with Crippen LogP contribution in [0.25, 0.3) is 11.0 Å². The molecule has 1 aromatic heterocycles. The number of nitrogens with two attached hydrogens (primary N) is 1. The van der Waals surface area contributed by atoms with E-state index >= 15 is 0 Å². The van der Waals surface area contributed by atoms with Crippen molar-refractivity contribution in [1.82, 2.24) is 5.32 Å². The molecule has 1 unspecified atom stereocenters. The predicted octanol–water partition coefficient (Wildman–Crippen LogP) is 1.40. The molecule has 2 rings (SSSR count). The Hall–Kier alpha value is -1.36. The zero-order chi connectivity index (χ0) is 12.1. The fourth-order valence-corrected chi connectivity index (χ4v) is 1.83. The van der Waals surface area contributed by atoms with Gasteiger partial charge in [0.25, 0.3) is 0 Å². The van der Waals surface area contributed by atoms with E-state index < -0.39 is 0 Å². The Morgan fingerprint density at radius 2 is 2.18 bits per heavy atom. The minimum absolute atomic E-state index is 0.00829. The van der Waals surface area contributed by atoms with Crippen molar-refractivity contribution in [2.75, 3.05) is 19.7 Å². The van der Waals surface area contributed by atoms with E-state index in [0.717, 1.165) is 29.7 Å². The van der Waals surface area contributed by atoms with Crippen LogP contribution in [0.2, 0.25) is 0 Å². The standard InChI is InChI=1S/C13H18N2O2/c14-9-11(15-6-3-7-16)13-8-10-4-1-2-5-12(10)17-13/h1-2,4-5,8,11,15-16H,3,6-7,9,14H2. The Morgan fingerprint density at radius 3 is 2.88 bits per heavy atom. The summed E-state index contributed by atoms with van der Waals surface area (Å²) >= 11 is 0. The van der Waals surface area contributed by atoms with Gasteiger partial charge in [-0.2, -0.15) is 0 Å². The van der Waals surface area contributed by atoms with Gasteiger partial charge in [0, 0.05) is 18.5 Å². The molecule has 17 heavy (non-hydrogen) atoms. The van der Waals surface area contributed by atoms with Gasteiger partial charge in [-0.1, -0.05) is 18.2 Å². The first-order chi connectivity index (χ1) is 8.35. The van der Waals surface area contributed by atoms with Gasteiger partial charge < -0.3 is 20.6 Å². The number of fused-ring (bicyclic) bond motifs is 1. The van der Waals surface area contributed by atoms with Crippen LogP contribution in [-0.4, -0.2) is 24.8 Å². The quantitative estimate of drug-likeness (QED) is 0.661. The van der Waals surface area contributed by atoms with E-state index in [0.29, 0.717) is 6.54 Å². The van der Waals surface area contributed by atoms with Crippen LogP contribution in [0.1, 0.15) is 18.2 Å². The predicted molar refractivity (Wildman–Crippen MR) is 67.7 cm³/mol. The van der Waals surface area contributed by atoms with Gasteiger partial charge in [0.2, 0.25) is 0 Å². The summed E-state index contributed by atoms with van der Waals surface area (Å²) in [5.41, 5.74) is 6.60. The molecule has 0 amide bonds. The highest BCUT2D eigenvalue weighted by atomic mass is 16.3. The molecular weight excluding hydrogens is 216 g/mol. The largest absolute Gasteiger partial charge is 0.459 e. The zero-order valence-electron chi connectivity index (χ0n) is 9.73. The Kier molecular flexibility index (Phi) is 4.14. The second-order valence-electron chi connectivity index (χ2n) is 4.01. The Labute approximate surface area is 100 Å². The lowest BCUT2D eigenvalue weighted by molar-refractivity contribution is 0.281. The number of aliphatic hydroxyl groups excluding tert-OH is 1. The fourth-order valence-electron chi connectivity index (χ4n) is 1.83. The summed E-state index contributed by atoms with van der Waals surface area (Å²) in [5.74, 6) is 0.853. The van der Waals surface area contributed by atoms with Crippen LogP contribution < -0.4 is 11.1 Å². The van der Waals surface area contributed by atoms with E-state index in [2.05, 4.69) is 5.32 Å². The zero-order valence-corrected chi connectivity index (χ0v) is 9.73. The normalized spacial score (nSPS) is 13.1. The van der Waals surface area contributed by atoms with Gasteiger partial charge >= 0.3 is 0 Å². The average Bonchev–Trinajstić information content (AvgIpc) is 2.78. The Morgan fingerprint density at radius 1 is 1.35 bits per heavy atom. The molecule has 4 heteroatoms. The van der Waals surface area contributed by atoms with E-state index in [1.807, 2.05) is 30.3 Å². The highest BCUT2D eigenvalue weighted by Gasteiger charge is 2.13. The van der Waals surface area contributed by atoms with Gasteiger partial charge in [-0.15, -0.1) is 0 Å². The van der Waals surface area contributed by atoms with Crippen molar-refractivity contribution in [2.45, 2.75) is 12.5 Å². The fraction of sp³-hybridized carbons (Fsp3) is 0.385. The second-order valence-corrected chi connectivity index (χ2v) is 4.01. The van der Waals surface area contributed by atoms with Crippen molar-refractivity contribution < 1.29 is 9.52 Å². The Balaban J connectivity index is 2.12. The van der Waals surface area contributed by atoms with Crippen LogP contribution in [0.4, 0.5) is 0 Å². The molecule has 4 nitrogen and oxygen atoms in total. The molecule has 0 aliphatic carbocycles. The third-order valence-corrected chi connectivity index (χ3v) is 2.75. The number of para-hydroxylation sites is 1. The topological polar surface area (TPSA) is 71.4 Å². The molecule has 0 saturated carbocycles. The molecule has 0 bridgehead atoms. The molecule has 4 N–H and O–H groups in total. The van der Waals surface area contributed by atoms with Crippen molar-refractivity contribution in [3.8, 4) is 0 Å². The summed E-state index contributed by atoms with van der Waals surface area (Å²) in [6.07, 6.45) is 0.719. The van der Waals surface area contributed by atoms with Gasteiger partial charge in [0.15, 0.2) is 0 Å². The maximum Gasteiger partial charge on any atom is 0.134 e. The lowest BCUT2D eigenvalue weighted by Crippen LogP contribution is -2.29. The first-order valence-electron chi connectivity index (χ1n) is 5.88. The third kappa shape index (κ3) is 2.85. The highest BCUT2D eigenvalue weighted by molar-refractivity contribution is 5.77. The molecule has 1 heterocycles. The minimum Gasteiger partial charge on any atom is -0.459 e. The molecule has 92 valence electrons. The number of rotatable bonds is 6. The first kappa shape index (κ1) is 12.1. The van der Waals surface area contributed by atoms with Crippen molar-refractivity contribution in [2.24, 2.45) is 5.73 Å². The Bertz CT molecular complexity index is 434. The van der Waals surface area contributed by atoms with Crippen molar-refractivity contribution in [3.05, 3.63) is 36.1 Å². The van der Waals surface area contributed by atoms with Crippen molar-refractivity contribution in [1.29, 1.82) is 0 Å². The maximum atomic E-state index is 8.74. The van der Waals surface area contributed by atoms with E-state index in [-0.39, 0.29) is 12.6 Å². The lowest BCUT2D eigenvalue weighted by Gasteiger charge is -2.13. The van der Waals surface area contributed by atoms with Crippen LogP contribution in [0.5, 0.6) is 0 Å². The number of hydrogen-bond acceptors (Lipinski definition) is 4. The molecule has 1 atom stereocenters. The van der Waals surface area contributed by atoms with Gasteiger partial charge in [-0.05, 0) is 25.1 Å². The molecule has 0 saturated heterocycles. The van der Waals surface area contributed by atoms with E-state index in [4.69, 9.17) is 15.3 Å². The molecule has 0 spiro atoms. The van der Waals surface area contributed by atoms with Crippen LogP contribution in [0.15, 0.2) is 34.7 Å². The van der Waals surface area contributed by atoms with E-state index in [1.165, 1.54) is 0 Å². The maximum absolute atomic E-state index is 8.74. The van der Waals surface area contributed by atoms with Gasteiger partial charge in [0.05, 0.1) is 6.04 Å². The van der Waals surface area contributed by atoms with E-state index in [1.54, 1.807) is 0 Å². The summed E-state index contributed by atoms with van der Waals surface area (Å²) in [4.78, 5) is 0. The summed E-state index contributed by atoms with van der Waals surface area (Å²) < 4.78 is 5.75. The molecule has 2 aromatic rings. The molecular formula is C13H18N2O2. The first-order valence-corrected chi connectivity index (χ1v) is 5.88. The van der Waals surface area contributed by atoms with Gasteiger partial charge in [-0.3, -0.25) is 0 Å². The number of nitrogens with one attached hydrogen (secondary N) is 1. The highest BCUT2D eigenvalue weighted by Crippen LogP contribution is 2.23. The summed E-state index contributed by atoms with van der Waals surface area (Å²) in [6.45, 7) is 1.39. The summed E-state index contributed by atoms with van der Waals surface area (Å²) in [6, 6.07) is 9.92. The lowest BCUT2D eigenvalue weighted by atomic mass is 10.2. The van der Waals surface area contributed by atoms with Crippen LogP contribution in [0.3, 0.4) is 0 Å². The molecule has 0 radical (unpaired) electrons. The molecule has 0 fully saturated rings. The minimum atomic E-state index is 0.00829. The number of benzene rings is 1. The van der Waals surface area contributed by atoms with Crippen LogP contribution in [-0.2, 0) is 0 Å². The molecule has 0 aliphatic heterocycles. The van der Waals surface area contributed by atoms with Crippen molar-refractivity contribution in [3.63, 3.8) is 0 Å².